The molecule has 0 saturated carbocycles. The van der Waals surface area contributed by atoms with Crippen LogP contribution in [0.3, 0.4) is 0 Å². The Morgan fingerprint density at radius 2 is 1.69 bits per heavy atom. The lowest BCUT2D eigenvalue weighted by atomic mass is 10.0. The van der Waals surface area contributed by atoms with E-state index in [0.717, 1.165) is 9.13 Å². The van der Waals surface area contributed by atoms with Gasteiger partial charge in [-0.3, -0.25) is 19.3 Å². The Kier molecular flexibility index (Phi) is 6.48. The van der Waals surface area contributed by atoms with Gasteiger partial charge in [0.25, 0.3) is 11.8 Å². The van der Waals surface area contributed by atoms with Crippen molar-refractivity contribution in [2.75, 3.05) is 11.4 Å². The number of fused-ring (bicyclic) bond motifs is 1. The molecule has 1 aliphatic heterocycles. The SMILES string of the molecule is O=C(O)CN1C(=O)C(c2ccccc2)N(Cc2ccc(Cl)cc2)C(=O)c2cc(I)ccc21. The number of carbonyl (C=O) groups is 3. The lowest BCUT2D eigenvalue weighted by molar-refractivity contribution is -0.137. The minimum Gasteiger partial charge on any atom is -0.480 e. The average Bonchev–Trinajstić information content (AvgIpc) is 2.85. The summed E-state index contributed by atoms with van der Waals surface area (Å²) in [4.78, 5) is 41.9. The molecule has 0 radical (unpaired) electrons. The van der Waals surface area contributed by atoms with E-state index in [1.807, 2.05) is 6.07 Å². The highest BCUT2D eigenvalue weighted by molar-refractivity contribution is 14.1. The summed E-state index contributed by atoms with van der Waals surface area (Å²) in [6, 6.07) is 20.1. The minimum atomic E-state index is -1.16. The van der Waals surface area contributed by atoms with E-state index in [0.29, 0.717) is 21.8 Å². The standard InChI is InChI=1S/C24H18ClIN2O4/c25-17-8-6-15(7-9-17)13-28-22(16-4-2-1-3-5-16)24(32)27(14-21(29)30)20-11-10-18(26)12-19(20)23(28)31/h1-12,22H,13-14H2,(H,29,30). The fourth-order valence-corrected chi connectivity index (χ4v) is 4.41. The largest absolute Gasteiger partial charge is 0.480 e. The number of aliphatic carboxylic acids is 1. The van der Waals surface area contributed by atoms with Crippen molar-refractivity contribution in [3.05, 3.63) is 98.1 Å². The summed E-state index contributed by atoms with van der Waals surface area (Å²) < 4.78 is 0.807. The molecule has 2 amide bonds. The summed E-state index contributed by atoms with van der Waals surface area (Å²) in [6.07, 6.45) is 0. The minimum absolute atomic E-state index is 0.160. The van der Waals surface area contributed by atoms with Crippen LogP contribution in [0.15, 0.2) is 72.8 Å². The van der Waals surface area contributed by atoms with Crippen LogP contribution in [0.5, 0.6) is 0 Å². The van der Waals surface area contributed by atoms with Gasteiger partial charge >= 0.3 is 5.97 Å². The molecule has 0 saturated heterocycles. The van der Waals surface area contributed by atoms with Gasteiger partial charge < -0.3 is 10.0 Å². The van der Waals surface area contributed by atoms with Gasteiger partial charge in [-0.25, -0.2) is 0 Å². The topological polar surface area (TPSA) is 77.9 Å². The van der Waals surface area contributed by atoms with E-state index in [9.17, 15) is 19.5 Å². The van der Waals surface area contributed by atoms with Gasteiger partial charge in [-0.15, -0.1) is 0 Å². The molecule has 0 aromatic heterocycles. The number of carboxylic acids is 1. The number of carbonyl (C=O) groups excluding carboxylic acids is 2. The smallest absolute Gasteiger partial charge is 0.323 e. The highest BCUT2D eigenvalue weighted by Crippen LogP contribution is 2.36. The van der Waals surface area contributed by atoms with Crippen molar-refractivity contribution in [2.24, 2.45) is 0 Å². The molecule has 0 aliphatic carbocycles. The molecule has 1 aliphatic rings. The second-order valence-corrected chi connectivity index (χ2v) is 9.03. The van der Waals surface area contributed by atoms with Crippen LogP contribution < -0.4 is 4.90 Å². The van der Waals surface area contributed by atoms with Crippen molar-refractivity contribution in [3.8, 4) is 0 Å². The maximum atomic E-state index is 13.8. The molecule has 1 heterocycles. The lowest BCUT2D eigenvalue weighted by Crippen LogP contribution is -2.43. The second-order valence-electron chi connectivity index (χ2n) is 7.35. The highest BCUT2D eigenvalue weighted by Gasteiger charge is 2.41. The first-order valence-electron chi connectivity index (χ1n) is 9.78. The molecule has 4 rings (SSSR count). The predicted molar refractivity (Wildman–Crippen MR) is 130 cm³/mol. The normalized spacial score (nSPS) is 16.0. The van der Waals surface area contributed by atoms with Crippen molar-refractivity contribution in [2.45, 2.75) is 12.6 Å². The predicted octanol–water partition coefficient (Wildman–Crippen LogP) is 4.76. The molecule has 8 heteroatoms. The third-order valence-electron chi connectivity index (χ3n) is 5.23. The molecule has 3 aromatic rings. The maximum absolute atomic E-state index is 13.8. The van der Waals surface area contributed by atoms with Crippen molar-refractivity contribution in [3.63, 3.8) is 0 Å². The van der Waals surface area contributed by atoms with Crippen molar-refractivity contribution in [1.29, 1.82) is 0 Å². The number of carboxylic acid groups (broad SMARTS) is 1. The average molecular weight is 561 g/mol. The van der Waals surface area contributed by atoms with Crippen molar-refractivity contribution < 1.29 is 19.5 Å². The van der Waals surface area contributed by atoms with Crippen LogP contribution in [-0.2, 0) is 16.1 Å². The molecule has 3 aromatic carbocycles. The molecule has 6 nitrogen and oxygen atoms in total. The van der Waals surface area contributed by atoms with Crippen molar-refractivity contribution in [1.82, 2.24) is 4.90 Å². The van der Waals surface area contributed by atoms with Crippen LogP contribution in [-0.4, -0.2) is 34.3 Å². The van der Waals surface area contributed by atoms with Crippen LogP contribution in [0.1, 0.15) is 27.5 Å². The van der Waals surface area contributed by atoms with Crippen LogP contribution in [0.25, 0.3) is 0 Å². The molecule has 1 unspecified atom stereocenters. The summed E-state index contributed by atoms with van der Waals surface area (Å²) in [5, 5.41) is 10.1. The molecule has 0 bridgehead atoms. The number of benzene rings is 3. The van der Waals surface area contributed by atoms with Gasteiger partial charge in [-0.2, -0.15) is 0 Å². The van der Waals surface area contributed by atoms with Gasteiger partial charge in [-0.05, 0) is 64.0 Å². The zero-order valence-electron chi connectivity index (χ0n) is 16.7. The monoisotopic (exact) mass is 560 g/mol. The number of anilines is 1. The first-order valence-corrected chi connectivity index (χ1v) is 11.2. The zero-order chi connectivity index (χ0) is 22.8. The van der Waals surface area contributed by atoms with Gasteiger partial charge in [0, 0.05) is 15.1 Å². The first kappa shape index (κ1) is 22.3. The fraction of sp³-hybridized carbons (Fsp3) is 0.125. The van der Waals surface area contributed by atoms with E-state index in [1.54, 1.807) is 66.7 Å². The molecule has 0 fully saturated rings. The number of nitrogens with zero attached hydrogens (tertiary/aromatic N) is 2. The van der Waals surface area contributed by atoms with Gasteiger partial charge in [0.05, 0.1) is 11.3 Å². The molecular weight excluding hydrogens is 543 g/mol. The van der Waals surface area contributed by atoms with E-state index in [-0.39, 0.29) is 12.5 Å². The summed E-state index contributed by atoms with van der Waals surface area (Å²) in [6.45, 7) is -0.384. The number of hydrogen-bond donors (Lipinski definition) is 1. The highest BCUT2D eigenvalue weighted by atomic mass is 127. The second kappa shape index (κ2) is 9.30. The van der Waals surface area contributed by atoms with Crippen LogP contribution in [0, 0.1) is 3.57 Å². The van der Waals surface area contributed by atoms with Crippen molar-refractivity contribution >= 4 is 57.7 Å². The number of halogens is 2. The van der Waals surface area contributed by atoms with E-state index in [4.69, 9.17) is 11.6 Å². The quantitative estimate of drug-likeness (QED) is 0.457. The maximum Gasteiger partial charge on any atom is 0.323 e. The Labute approximate surface area is 203 Å². The molecular formula is C24H18ClIN2O4. The third kappa shape index (κ3) is 4.49. The zero-order valence-corrected chi connectivity index (χ0v) is 19.7. The van der Waals surface area contributed by atoms with Crippen LogP contribution >= 0.6 is 34.2 Å². The van der Waals surface area contributed by atoms with Gasteiger partial charge in [0.15, 0.2) is 0 Å². The molecule has 162 valence electrons. The fourth-order valence-electron chi connectivity index (χ4n) is 3.79. The Balaban J connectivity index is 1.90. The van der Waals surface area contributed by atoms with Crippen LogP contribution in [0.2, 0.25) is 5.02 Å². The van der Waals surface area contributed by atoms with Gasteiger partial charge in [0.2, 0.25) is 0 Å². The van der Waals surface area contributed by atoms with E-state index >= 15 is 0 Å². The molecule has 1 N–H and O–H groups in total. The Morgan fingerprint density at radius 3 is 2.34 bits per heavy atom. The molecule has 1 atom stereocenters. The van der Waals surface area contributed by atoms with E-state index < -0.39 is 24.5 Å². The number of amides is 2. The summed E-state index contributed by atoms with van der Waals surface area (Å²) in [5.74, 6) is -1.97. The van der Waals surface area contributed by atoms with E-state index in [1.165, 1.54) is 9.80 Å². The first-order chi connectivity index (χ1) is 15.3. The number of rotatable bonds is 5. The third-order valence-corrected chi connectivity index (χ3v) is 6.15. The van der Waals surface area contributed by atoms with Gasteiger partial charge in [0.1, 0.15) is 12.6 Å². The summed E-state index contributed by atoms with van der Waals surface area (Å²) >= 11 is 8.10. The Bertz CT molecular complexity index is 1180. The number of hydrogen-bond acceptors (Lipinski definition) is 3. The van der Waals surface area contributed by atoms with E-state index in [2.05, 4.69) is 22.6 Å². The Morgan fingerprint density at radius 1 is 1.00 bits per heavy atom. The summed E-state index contributed by atoms with van der Waals surface area (Å²) in [7, 11) is 0. The Hall–Kier alpha value is -2.91. The van der Waals surface area contributed by atoms with Gasteiger partial charge in [-0.1, -0.05) is 54.1 Å². The lowest BCUT2D eigenvalue weighted by Gasteiger charge is -2.31. The summed E-state index contributed by atoms with van der Waals surface area (Å²) in [5.41, 5.74) is 1.99. The molecule has 0 spiro atoms. The molecule has 32 heavy (non-hydrogen) atoms. The van der Waals surface area contributed by atoms with Crippen LogP contribution in [0.4, 0.5) is 5.69 Å².